The van der Waals surface area contributed by atoms with Crippen molar-refractivity contribution in [2.24, 2.45) is 0 Å². The van der Waals surface area contributed by atoms with Gasteiger partial charge in [0, 0.05) is 24.3 Å². The van der Waals surface area contributed by atoms with Gasteiger partial charge in [-0.05, 0) is 31.9 Å². The number of rotatable bonds is 2. The van der Waals surface area contributed by atoms with Crippen LogP contribution in [0.1, 0.15) is 25.3 Å². The zero-order valence-corrected chi connectivity index (χ0v) is 9.73. The molecule has 2 rings (SSSR count). The van der Waals surface area contributed by atoms with Crippen LogP contribution in [0.5, 0.6) is 5.75 Å². The summed E-state index contributed by atoms with van der Waals surface area (Å²) in [6.07, 6.45) is 2.48. The molecule has 0 unspecified atom stereocenters. The van der Waals surface area contributed by atoms with Crippen LogP contribution in [0.15, 0.2) is 18.2 Å². The Morgan fingerprint density at radius 1 is 1.50 bits per heavy atom. The first-order valence-corrected chi connectivity index (χ1v) is 5.61. The smallest absolute Gasteiger partial charge is 0.138 e. The van der Waals surface area contributed by atoms with Crippen molar-refractivity contribution in [3.8, 4) is 11.8 Å². The van der Waals surface area contributed by atoms with E-state index < -0.39 is 0 Å². The van der Waals surface area contributed by atoms with Crippen molar-refractivity contribution in [2.45, 2.75) is 25.8 Å². The Labute approximate surface area is 96.2 Å². The highest BCUT2D eigenvalue weighted by atomic mass is 16.5. The highest BCUT2D eigenvalue weighted by Crippen LogP contribution is 2.30. The maximum atomic E-state index is 8.91. The van der Waals surface area contributed by atoms with Crippen LogP contribution in [-0.4, -0.2) is 19.7 Å². The fourth-order valence-corrected chi connectivity index (χ4v) is 2.27. The minimum atomic E-state index is 0.581. The van der Waals surface area contributed by atoms with E-state index in [1.165, 1.54) is 12.8 Å². The topological polar surface area (TPSA) is 36.3 Å². The number of nitriles is 1. The van der Waals surface area contributed by atoms with Gasteiger partial charge in [0.2, 0.25) is 0 Å². The van der Waals surface area contributed by atoms with Crippen molar-refractivity contribution in [3.05, 3.63) is 23.8 Å². The summed E-state index contributed by atoms with van der Waals surface area (Å²) in [5, 5.41) is 8.91. The van der Waals surface area contributed by atoms with E-state index in [-0.39, 0.29) is 0 Å². The van der Waals surface area contributed by atoms with Gasteiger partial charge < -0.3 is 9.64 Å². The summed E-state index contributed by atoms with van der Waals surface area (Å²) >= 11 is 0. The molecule has 1 aromatic rings. The van der Waals surface area contributed by atoms with E-state index in [1.807, 2.05) is 18.2 Å². The Balaban J connectivity index is 2.33. The minimum Gasteiger partial charge on any atom is -0.495 e. The van der Waals surface area contributed by atoms with E-state index >= 15 is 0 Å². The third-order valence-electron chi connectivity index (χ3n) is 3.19. The first-order chi connectivity index (χ1) is 7.76. The SMILES string of the molecule is COc1cc(N2CCC[C@@H]2C)ccc1C#N. The van der Waals surface area contributed by atoms with E-state index in [1.54, 1.807) is 7.11 Å². The van der Waals surface area contributed by atoms with Crippen LogP contribution in [0.25, 0.3) is 0 Å². The van der Waals surface area contributed by atoms with E-state index in [2.05, 4.69) is 17.9 Å². The van der Waals surface area contributed by atoms with Crippen molar-refractivity contribution in [1.82, 2.24) is 0 Å². The first kappa shape index (κ1) is 10.8. The second-order valence-corrected chi connectivity index (χ2v) is 4.18. The fourth-order valence-electron chi connectivity index (χ4n) is 2.27. The lowest BCUT2D eigenvalue weighted by molar-refractivity contribution is 0.413. The maximum Gasteiger partial charge on any atom is 0.138 e. The Bertz CT molecular complexity index is 422. The second-order valence-electron chi connectivity index (χ2n) is 4.18. The second kappa shape index (κ2) is 4.44. The largest absolute Gasteiger partial charge is 0.495 e. The van der Waals surface area contributed by atoms with E-state index in [4.69, 9.17) is 10.00 Å². The molecule has 0 spiro atoms. The third-order valence-corrected chi connectivity index (χ3v) is 3.19. The molecule has 1 aromatic carbocycles. The summed E-state index contributed by atoms with van der Waals surface area (Å²) in [5.74, 6) is 0.666. The predicted molar refractivity (Wildman–Crippen MR) is 63.8 cm³/mol. The molecule has 1 heterocycles. The highest BCUT2D eigenvalue weighted by Gasteiger charge is 2.21. The average Bonchev–Trinajstić information content (AvgIpc) is 2.74. The number of anilines is 1. The molecule has 0 amide bonds. The average molecular weight is 216 g/mol. The molecule has 84 valence electrons. The summed E-state index contributed by atoms with van der Waals surface area (Å²) in [4.78, 5) is 2.36. The number of benzene rings is 1. The molecule has 16 heavy (non-hydrogen) atoms. The quantitative estimate of drug-likeness (QED) is 0.762. The Morgan fingerprint density at radius 2 is 2.31 bits per heavy atom. The summed E-state index contributed by atoms with van der Waals surface area (Å²) in [6, 6.07) is 8.51. The van der Waals surface area contributed by atoms with Crippen molar-refractivity contribution >= 4 is 5.69 Å². The molecule has 0 radical (unpaired) electrons. The summed E-state index contributed by atoms with van der Waals surface area (Å²) in [5.41, 5.74) is 1.75. The molecule has 0 bridgehead atoms. The van der Waals surface area contributed by atoms with Crippen molar-refractivity contribution in [2.75, 3.05) is 18.6 Å². The van der Waals surface area contributed by atoms with E-state index in [0.29, 0.717) is 17.4 Å². The summed E-state index contributed by atoms with van der Waals surface area (Å²) in [6.45, 7) is 3.33. The molecule has 0 N–H and O–H groups in total. The Hall–Kier alpha value is -1.69. The van der Waals surface area contributed by atoms with Gasteiger partial charge in [0.1, 0.15) is 11.8 Å². The minimum absolute atomic E-state index is 0.581. The fraction of sp³-hybridized carbons (Fsp3) is 0.462. The lowest BCUT2D eigenvalue weighted by atomic mass is 10.1. The van der Waals surface area contributed by atoms with E-state index in [0.717, 1.165) is 12.2 Å². The van der Waals surface area contributed by atoms with E-state index in [9.17, 15) is 0 Å². The van der Waals surface area contributed by atoms with Gasteiger partial charge in [-0.2, -0.15) is 5.26 Å². The van der Waals surface area contributed by atoms with Crippen LogP contribution in [-0.2, 0) is 0 Å². The van der Waals surface area contributed by atoms with Gasteiger partial charge in [-0.15, -0.1) is 0 Å². The zero-order valence-electron chi connectivity index (χ0n) is 9.73. The monoisotopic (exact) mass is 216 g/mol. The molecule has 1 saturated heterocycles. The molecule has 0 aliphatic carbocycles. The molecule has 3 heteroatoms. The molecule has 3 nitrogen and oxygen atoms in total. The number of nitrogens with zero attached hydrogens (tertiary/aromatic N) is 2. The molecular formula is C13H16N2O. The van der Waals surface area contributed by atoms with Gasteiger partial charge in [-0.3, -0.25) is 0 Å². The lowest BCUT2D eigenvalue weighted by Crippen LogP contribution is -2.26. The van der Waals surface area contributed by atoms with Crippen LogP contribution in [0.3, 0.4) is 0 Å². The molecular weight excluding hydrogens is 200 g/mol. The zero-order chi connectivity index (χ0) is 11.5. The number of hydrogen-bond donors (Lipinski definition) is 0. The standard InChI is InChI=1S/C13H16N2O/c1-10-4-3-7-15(10)12-6-5-11(9-14)13(8-12)16-2/h5-6,8,10H,3-4,7H2,1-2H3/t10-/m0/s1. The molecule has 1 aliphatic rings. The highest BCUT2D eigenvalue weighted by molar-refractivity contribution is 5.57. The van der Waals surface area contributed by atoms with Gasteiger partial charge >= 0.3 is 0 Å². The molecule has 1 fully saturated rings. The molecule has 0 aromatic heterocycles. The van der Waals surface area contributed by atoms with Gasteiger partial charge in [0.25, 0.3) is 0 Å². The Kier molecular flexibility index (Phi) is 3.00. The lowest BCUT2D eigenvalue weighted by Gasteiger charge is -2.24. The summed E-state index contributed by atoms with van der Waals surface area (Å²) < 4.78 is 5.22. The molecule has 1 atom stereocenters. The normalized spacial score (nSPS) is 19.6. The summed E-state index contributed by atoms with van der Waals surface area (Å²) in [7, 11) is 1.60. The molecule has 1 aliphatic heterocycles. The number of hydrogen-bond acceptors (Lipinski definition) is 3. The van der Waals surface area contributed by atoms with Gasteiger partial charge in [0.05, 0.1) is 12.7 Å². The first-order valence-electron chi connectivity index (χ1n) is 5.61. The predicted octanol–water partition coefficient (Wildman–Crippen LogP) is 2.56. The van der Waals surface area contributed by atoms with Crippen molar-refractivity contribution < 1.29 is 4.74 Å². The maximum absolute atomic E-state index is 8.91. The van der Waals surface area contributed by atoms with Gasteiger partial charge in [-0.1, -0.05) is 0 Å². The van der Waals surface area contributed by atoms with Gasteiger partial charge in [0.15, 0.2) is 0 Å². The van der Waals surface area contributed by atoms with Gasteiger partial charge in [-0.25, -0.2) is 0 Å². The van der Waals surface area contributed by atoms with Crippen molar-refractivity contribution in [1.29, 1.82) is 5.26 Å². The van der Waals surface area contributed by atoms with Crippen LogP contribution in [0.4, 0.5) is 5.69 Å². The van der Waals surface area contributed by atoms with Crippen molar-refractivity contribution in [3.63, 3.8) is 0 Å². The van der Waals surface area contributed by atoms with Crippen LogP contribution in [0.2, 0.25) is 0 Å². The third kappa shape index (κ3) is 1.83. The number of methoxy groups -OCH3 is 1. The van der Waals surface area contributed by atoms with Crippen LogP contribution < -0.4 is 9.64 Å². The van der Waals surface area contributed by atoms with Crippen LogP contribution in [0, 0.1) is 11.3 Å². The Morgan fingerprint density at radius 3 is 2.88 bits per heavy atom. The number of ether oxygens (including phenoxy) is 1. The van der Waals surface area contributed by atoms with Crippen LogP contribution >= 0.6 is 0 Å². The molecule has 0 saturated carbocycles.